The first-order chi connectivity index (χ1) is 13.8. The van der Waals surface area contributed by atoms with Gasteiger partial charge in [0.2, 0.25) is 0 Å². The van der Waals surface area contributed by atoms with E-state index in [9.17, 15) is 9.59 Å². The Morgan fingerprint density at radius 1 is 1.14 bits per heavy atom. The number of esters is 1. The van der Waals surface area contributed by atoms with Crippen LogP contribution >= 0.6 is 0 Å². The number of ether oxygens (including phenoxy) is 1. The van der Waals surface area contributed by atoms with Crippen molar-refractivity contribution in [2.24, 2.45) is 0 Å². The molecule has 1 fully saturated rings. The summed E-state index contributed by atoms with van der Waals surface area (Å²) in [5.41, 5.74) is 5.12. The number of nitrogens with zero attached hydrogens (tertiary/aromatic N) is 3. The molecule has 1 aliphatic heterocycles. The Morgan fingerprint density at radius 3 is 2.45 bits per heavy atom. The predicted molar refractivity (Wildman–Crippen MR) is 112 cm³/mol. The third-order valence-electron chi connectivity index (χ3n) is 5.33. The molecule has 6 nitrogen and oxygen atoms in total. The largest absolute Gasteiger partial charge is 0.449 e. The van der Waals surface area contributed by atoms with Crippen LogP contribution in [0.4, 0.5) is 0 Å². The van der Waals surface area contributed by atoms with Gasteiger partial charge in [0.05, 0.1) is 12.2 Å². The minimum absolute atomic E-state index is 0.123. The zero-order chi connectivity index (χ0) is 21.0. The Bertz CT molecular complexity index is 906. The quantitative estimate of drug-likeness (QED) is 0.555. The number of benzene rings is 1. The van der Waals surface area contributed by atoms with Crippen LogP contribution in [0.1, 0.15) is 47.8 Å². The number of aryl methyl sites for hydroxylation is 2. The van der Waals surface area contributed by atoms with Crippen LogP contribution in [0, 0.1) is 20.8 Å². The van der Waals surface area contributed by atoms with E-state index in [0.29, 0.717) is 6.54 Å². The SMILES string of the molecule is Cc1ccc(Cn2nc(C)c(/C=C/C(=O)OC(C)C(=O)N3CCCC3)c2C)cc1. The van der Waals surface area contributed by atoms with Gasteiger partial charge in [-0.05, 0) is 52.2 Å². The highest BCUT2D eigenvalue weighted by atomic mass is 16.5. The van der Waals surface area contributed by atoms with Gasteiger partial charge >= 0.3 is 5.97 Å². The summed E-state index contributed by atoms with van der Waals surface area (Å²) in [6.07, 6.45) is 4.35. The molecule has 1 aliphatic rings. The minimum Gasteiger partial charge on any atom is -0.449 e. The maximum atomic E-state index is 12.3. The molecule has 1 aromatic carbocycles. The first kappa shape index (κ1) is 20.8. The number of hydrogen-bond donors (Lipinski definition) is 0. The van der Waals surface area contributed by atoms with Gasteiger partial charge in [-0.3, -0.25) is 9.48 Å². The molecule has 0 saturated carbocycles. The Balaban J connectivity index is 1.63. The molecule has 2 aromatic rings. The van der Waals surface area contributed by atoms with Crippen molar-refractivity contribution in [2.45, 2.75) is 53.2 Å². The molecule has 0 aliphatic carbocycles. The maximum absolute atomic E-state index is 12.3. The van der Waals surface area contributed by atoms with Crippen LogP contribution < -0.4 is 0 Å². The van der Waals surface area contributed by atoms with E-state index in [1.807, 2.05) is 18.5 Å². The fourth-order valence-corrected chi connectivity index (χ4v) is 3.58. The van der Waals surface area contributed by atoms with Crippen LogP contribution in [0.25, 0.3) is 6.08 Å². The molecule has 6 heteroatoms. The Kier molecular flexibility index (Phi) is 6.52. The molecule has 1 amide bonds. The smallest absolute Gasteiger partial charge is 0.331 e. The standard InChI is InChI=1S/C23H29N3O3/c1-16-7-9-20(10-8-16)15-26-18(3)21(17(2)24-26)11-12-22(27)29-19(4)23(28)25-13-5-6-14-25/h7-12,19H,5-6,13-15H2,1-4H3/b12-11+. The van der Waals surface area contributed by atoms with Gasteiger partial charge in [-0.25, -0.2) is 4.79 Å². The van der Waals surface area contributed by atoms with Crippen molar-refractivity contribution in [3.8, 4) is 0 Å². The maximum Gasteiger partial charge on any atom is 0.331 e. The van der Waals surface area contributed by atoms with Crippen molar-refractivity contribution < 1.29 is 14.3 Å². The van der Waals surface area contributed by atoms with Gasteiger partial charge in [0.25, 0.3) is 5.91 Å². The molecule has 29 heavy (non-hydrogen) atoms. The summed E-state index contributed by atoms with van der Waals surface area (Å²) in [6, 6.07) is 8.36. The highest BCUT2D eigenvalue weighted by Crippen LogP contribution is 2.17. The number of carbonyl (C=O) groups is 2. The monoisotopic (exact) mass is 395 g/mol. The number of rotatable bonds is 6. The summed E-state index contributed by atoms with van der Waals surface area (Å²) < 4.78 is 7.23. The zero-order valence-corrected chi connectivity index (χ0v) is 17.6. The van der Waals surface area contributed by atoms with Crippen LogP contribution in [0.5, 0.6) is 0 Å². The highest BCUT2D eigenvalue weighted by Gasteiger charge is 2.25. The molecule has 0 radical (unpaired) electrons. The van der Waals surface area contributed by atoms with E-state index < -0.39 is 12.1 Å². The van der Waals surface area contributed by atoms with E-state index in [1.54, 1.807) is 17.9 Å². The fourth-order valence-electron chi connectivity index (χ4n) is 3.58. The van der Waals surface area contributed by atoms with Gasteiger partial charge < -0.3 is 9.64 Å². The summed E-state index contributed by atoms with van der Waals surface area (Å²) in [5.74, 6) is -0.641. The van der Waals surface area contributed by atoms with Gasteiger partial charge in [0.1, 0.15) is 0 Å². The van der Waals surface area contributed by atoms with Gasteiger partial charge in [0, 0.05) is 30.4 Å². The van der Waals surface area contributed by atoms with Crippen LogP contribution in [0.15, 0.2) is 30.3 Å². The Labute approximate surface area is 172 Å². The van der Waals surface area contributed by atoms with E-state index in [-0.39, 0.29) is 5.91 Å². The molecule has 0 bridgehead atoms. The van der Waals surface area contributed by atoms with Crippen molar-refractivity contribution in [3.05, 3.63) is 58.4 Å². The van der Waals surface area contributed by atoms with Crippen molar-refractivity contribution in [3.63, 3.8) is 0 Å². The molecule has 1 atom stereocenters. The second-order valence-electron chi connectivity index (χ2n) is 7.67. The number of aromatic nitrogens is 2. The first-order valence-corrected chi connectivity index (χ1v) is 10.1. The van der Waals surface area contributed by atoms with Gasteiger partial charge in [-0.15, -0.1) is 0 Å². The third-order valence-corrected chi connectivity index (χ3v) is 5.33. The van der Waals surface area contributed by atoms with Gasteiger partial charge in [-0.1, -0.05) is 29.8 Å². The Hall–Kier alpha value is -2.89. The van der Waals surface area contributed by atoms with Crippen molar-refractivity contribution in [2.75, 3.05) is 13.1 Å². The topological polar surface area (TPSA) is 64.4 Å². The number of hydrogen-bond acceptors (Lipinski definition) is 4. The molecule has 0 spiro atoms. The fraction of sp³-hybridized carbons (Fsp3) is 0.435. The van der Waals surface area contributed by atoms with E-state index in [2.05, 4.69) is 36.3 Å². The van der Waals surface area contributed by atoms with Crippen LogP contribution in [-0.2, 0) is 20.9 Å². The third kappa shape index (κ3) is 5.13. The lowest BCUT2D eigenvalue weighted by Gasteiger charge is -2.19. The number of carbonyl (C=O) groups excluding carboxylic acids is 2. The summed E-state index contributed by atoms with van der Waals surface area (Å²) in [4.78, 5) is 26.2. The molecule has 0 N–H and O–H groups in total. The van der Waals surface area contributed by atoms with Crippen molar-refractivity contribution in [1.29, 1.82) is 0 Å². The molecule has 154 valence electrons. The molecule has 1 saturated heterocycles. The Morgan fingerprint density at radius 2 is 1.79 bits per heavy atom. The summed E-state index contributed by atoms with van der Waals surface area (Å²) in [7, 11) is 0. The second kappa shape index (κ2) is 9.07. The molecule has 1 unspecified atom stereocenters. The number of amides is 1. The van der Waals surface area contributed by atoms with Crippen molar-refractivity contribution in [1.82, 2.24) is 14.7 Å². The lowest BCUT2D eigenvalue weighted by molar-refractivity contribution is -0.154. The van der Waals surface area contributed by atoms with E-state index >= 15 is 0 Å². The molecule has 1 aromatic heterocycles. The summed E-state index contributed by atoms with van der Waals surface area (Å²) in [5, 5.41) is 4.60. The van der Waals surface area contributed by atoms with Gasteiger partial charge in [0.15, 0.2) is 6.10 Å². The van der Waals surface area contributed by atoms with E-state index in [1.165, 1.54) is 17.2 Å². The summed E-state index contributed by atoms with van der Waals surface area (Å²) in [6.45, 7) is 9.76. The molecule has 2 heterocycles. The summed E-state index contributed by atoms with van der Waals surface area (Å²) >= 11 is 0. The lowest BCUT2D eigenvalue weighted by Crippen LogP contribution is -2.37. The molecular weight excluding hydrogens is 366 g/mol. The van der Waals surface area contributed by atoms with E-state index in [0.717, 1.165) is 42.9 Å². The zero-order valence-electron chi connectivity index (χ0n) is 17.6. The van der Waals surface area contributed by atoms with Gasteiger partial charge in [-0.2, -0.15) is 5.10 Å². The average molecular weight is 396 g/mol. The van der Waals surface area contributed by atoms with Crippen molar-refractivity contribution >= 4 is 18.0 Å². The van der Waals surface area contributed by atoms with Crippen LogP contribution in [-0.4, -0.2) is 45.8 Å². The molecule has 3 rings (SSSR count). The lowest BCUT2D eigenvalue weighted by atomic mass is 10.1. The van der Waals surface area contributed by atoms with Crippen LogP contribution in [0.2, 0.25) is 0 Å². The van der Waals surface area contributed by atoms with E-state index in [4.69, 9.17) is 4.74 Å². The number of likely N-dealkylation sites (tertiary alicyclic amines) is 1. The average Bonchev–Trinajstić information content (AvgIpc) is 3.31. The molecular formula is C23H29N3O3. The van der Waals surface area contributed by atoms with Crippen LogP contribution in [0.3, 0.4) is 0 Å². The minimum atomic E-state index is -0.767. The second-order valence-corrected chi connectivity index (χ2v) is 7.67. The predicted octanol–water partition coefficient (Wildman–Crippen LogP) is 3.42. The first-order valence-electron chi connectivity index (χ1n) is 10.1. The highest BCUT2D eigenvalue weighted by molar-refractivity contribution is 5.90. The normalized spacial score (nSPS) is 15.1.